The van der Waals surface area contributed by atoms with E-state index in [9.17, 15) is 9.59 Å². The number of benzene rings is 1. The molecule has 0 heterocycles. The van der Waals surface area contributed by atoms with Gasteiger partial charge in [-0.05, 0) is 17.0 Å². The van der Waals surface area contributed by atoms with E-state index < -0.39 is 5.97 Å². The van der Waals surface area contributed by atoms with Crippen molar-refractivity contribution in [1.29, 1.82) is 0 Å². The van der Waals surface area contributed by atoms with Crippen LogP contribution >= 0.6 is 0 Å². The van der Waals surface area contributed by atoms with Crippen LogP contribution in [0, 0.1) is 5.92 Å². The van der Waals surface area contributed by atoms with Crippen molar-refractivity contribution in [2.45, 2.75) is 33.2 Å². The maximum Gasteiger partial charge on any atom is 0.307 e. The summed E-state index contributed by atoms with van der Waals surface area (Å²) in [5, 5.41) is 14.8. The lowest BCUT2D eigenvalue weighted by atomic mass is 10.1. The molecule has 3 N–H and O–H groups in total. The topological polar surface area (TPSA) is 78.4 Å². The minimum Gasteiger partial charge on any atom is -0.481 e. The van der Waals surface area contributed by atoms with Crippen LogP contribution in [0.1, 0.15) is 31.4 Å². The molecule has 1 rings (SSSR count). The Morgan fingerprint density at radius 1 is 1.14 bits per heavy atom. The van der Waals surface area contributed by atoms with Crippen LogP contribution in [-0.4, -0.2) is 30.1 Å². The highest BCUT2D eigenvalue weighted by molar-refractivity contribution is 5.76. The zero-order chi connectivity index (χ0) is 15.7. The van der Waals surface area contributed by atoms with Crippen molar-refractivity contribution in [1.82, 2.24) is 10.6 Å². The van der Waals surface area contributed by atoms with Crippen LogP contribution in [0.15, 0.2) is 24.3 Å². The average molecular weight is 292 g/mol. The molecule has 0 saturated heterocycles. The SMILES string of the molecule is CC(C)CNC(=O)CCNCc1ccc(CC(=O)O)cc1. The first-order valence-electron chi connectivity index (χ1n) is 7.24. The minimum atomic E-state index is -0.826. The lowest BCUT2D eigenvalue weighted by Crippen LogP contribution is -2.30. The number of carboxylic acids is 1. The fourth-order valence-corrected chi connectivity index (χ4v) is 1.79. The summed E-state index contributed by atoms with van der Waals surface area (Å²) in [6.07, 6.45) is 0.507. The highest BCUT2D eigenvalue weighted by Crippen LogP contribution is 2.05. The molecule has 0 aromatic heterocycles. The predicted octanol–water partition coefficient (Wildman–Crippen LogP) is 1.57. The molecule has 5 heteroatoms. The van der Waals surface area contributed by atoms with Crippen LogP contribution < -0.4 is 10.6 Å². The number of hydrogen-bond donors (Lipinski definition) is 3. The summed E-state index contributed by atoms with van der Waals surface area (Å²) in [6, 6.07) is 7.45. The second-order valence-corrected chi connectivity index (χ2v) is 5.51. The van der Waals surface area contributed by atoms with Gasteiger partial charge in [0.25, 0.3) is 0 Å². The Morgan fingerprint density at radius 2 is 1.76 bits per heavy atom. The van der Waals surface area contributed by atoms with Gasteiger partial charge in [0.2, 0.25) is 5.91 Å². The van der Waals surface area contributed by atoms with Crippen LogP contribution in [0.2, 0.25) is 0 Å². The standard InChI is InChI=1S/C16H24N2O3/c1-12(2)10-18-15(19)7-8-17-11-14-5-3-13(4-6-14)9-16(20)21/h3-6,12,17H,7-11H2,1-2H3,(H,18,19)(H,20,21). The van der Waals surface area contributed by atoms with Gasteiger partial charge in [-0.25, -0.2) is 0 Å². The largest absolute Gasteiger partial charge is 0.481 e. The number of carboxylic acid groups (broad SMARTS) is 1. The molecule has 0 unspecified atom stereocenters. The van der Waals surface area contributed by atoms with E-state index in [2.05, 4.69) is 24.5 Å². The molecule has 116 valence electrons. The van der Waals surface area contributed by atoms with Crippen molar-refractivity contribution in [3.8, 4) is 0 Å². The van der Waals surface area contributed by atoms with E-state index in [1.54, 1.807) is 0 Å². The lowest BCUT2D eigenvalue weighted by molar-refractivity contribution is -0.136. The van der Waals surface area contributed by atoms with E-state index in [1.165, 1.54) is 0 Å². The normalized spacial score (nSPS) is 10.6. The van der Waals surface area contributed by atoms with Crippen molar-refractivity contribution >= 4 is 11.9 Å². The fraction of sp³-hybridized carbons (Fsp3) is 0.500. The number of amides is 1. The van der Waals surface area contributed by atoms with Gasteiger partial charge in [-0.1, -0.05) is 38.1 Å². The minimum absolute atomic E-state index is 0.0454. The van der Waals surface area contributed by atoms with Crippen LogP contribution in [0.4, 0.5) is 0 Å². The van der Waals surface area contributed by atoms with E-state index in [0.717, 1.165) is 11.1 Å². The maximum atomic E-state index is 11.5. The van der Waals surface area contributed by atoms with Gasteiger partial charge in [-0.2, -0.15) is 0 Å². The van der Waals surface area contributed by atoms with Gasteiger partial charge in [0.1, 0.15) is 0 Å². The van der Waals surface area contributed by atoms with E-state index in [-0.39, 0.29) is 12.3 Å². The molecule has 0 saturated carbocycles. The van der Waals surface area contributed by atoms with Gasteiger partial charge in [0.05, 0.1) is 6.42 Å². The third-order valence-electron chi connectivity index (χ3n) is 2.94. The van der Waals surface area contributed by atoms with Gasteiger partial charge < -0.3 is 15.7 Å². The average Bonchev–Trinajstić information content (AvgIpc) is 2.42. The van der Waals surface area contributed by atoms with Crippen molar-refractivity contribution in [2.24, 2.45) is 5.92 Å². The predicted molar refractivity (Wildman–Crippen MR) is 82.0 cm³/mol. The molecule has 0 spiro atoms. The molecule has 5 nitrogen and oxygen atoms in total. The summed E-state index contributed by atoms with van der Waals surface area (Å²) in [4.78, 5) is 22.1. The Kier molecular flexibility index (Phi) is 7.46. The Balaban J connectivity index is 2.20. The molecule has 1 aromatic rings. The smallest absolute Gasteiger partial charge is 0.307 e. The van der Waals surface area contributed by atoms with Crippen LogP contribution in [-0.2, 0) is 22.6 Å². The molecule has 0 aliphatic carbocycles. The zero-order valence-corrected chi connectivity index (χ0v) is 12.7. The van der Waals surface area contributed by atoms with Crippen molar-refractivity contribution < 1.29 is 14.7 Å². The molecular weight excluding hydrogens is 268 g/mol. The monoisotopic (exact) mass is 292 g/mol. The van der Waals surface area contributed by atoms with Crippen molar-refractivity contribution in [2.75, 3.05) is 13.1 Å². The zero-order valence-electron chi connectivity index (χ0n) is 12.7. The Morgan fingerprint density at radius 3 is 2.33 bits per heavy atom. The number of nitrogens with one attached hydrogen (secondary N) is 2. The second kappa shape index (κ2) is 9.13. The summed E-state index contributed by atoms with van der Waals surface area (Å²) >= 11 is 0. The molecular formula is C16H24N2O3. The first-order valence-corrected chi connectivity index (χ1v) is 7.24. The Labute approximate surface area is 125 Å². The molecule has 0 aliphatic heterocycles. The molecule has 1 amide bonds. The molecule has 21 heavy (non-hydrogen) atoms. The van der Waals surface area contributed by atoms with Crippen LogP contribution in [0.3, 0.4) is 0 Å². The van der Waals surface area contributed by atoms with E-state index in [0.29, 0.717) is 32.0 Å². The second-order valence-electron chi connectivity index (χ2n) is 5.51. The van der Waals surface area contributed by atoms with E-state index in [1.807, 2.05) is 24.3 Å². The Hall–Kier alpha value is -1.88. The van der Waals surface area contributed by atoms with Gasteiger partial charge in [-0.15, -0.1) is 0 Å². The van der Waals surface area contributed by atoms with Crippen LogP contribution in [0.5, 0.6) is 0 Å². The molecule has 0 fully saturated rings. The first-order chi connectivity index (χ1) is 9.97. The van der Waals surface area contributed by atoms with Gasteiger partial charge in [0.15, 0.2) is 0 Å². The highest BCUT2D eigenvalue weighted by Gasteiger charge is 2.02. The first kappa shape index (κ1) is 17.2. The summed E-state index contributed by atoms with van der Waals surface area (Å²) < 4.78 is 0. The molecule has 0 radical (unpaired) electrons. The maximum absolute atomic E-state index is 11.5. The quantitative estimate of drug-likeness (QED) is 0.604. The summed E-state index contributed by atoms with van der Waals surface area (Å²) in [5.74, 6) is -0.299. The fourth-order valence-electron chi connectivity index (χ4n) is 1.79. The third kappa shape index (κ3) is 8.09. The van der Waals surface area contributed by atoms with Gasteiger partial charge >= 0.3 is 5.97 Å². The lowest BCUT2D eigenvalue weighted by Gasteiger charge is -2.08. The molecule has 0 aliphatic rings. The number of rotatable bonds is 9. The Bertz CT molecular complexity index is 455. The van der Waals surface area contributed by atoms with Gasteiger partial charge in [0, 0.05) is 26.1 Å². The van der Waals surface area contributed by atoms with Gasteiger partial charge in [-0.3, -0.25) is 9.59 Å². The van der Waals surface area contributed by atoms with Crippen LogP contribution in [0.25, 0.3) is 0 Å². The molecule has 0 atom stereocenters. The summed E-state index contributed by atoms with van der Waals surface area (Å²) in [7, 11) is 0. The van der Waals surface area contributed by atoms with E-state index in [4.69, 9.17) is 5.11 Å². The third-order valence-corrected chi connectivity index (χ3v) is 2.94. The number of aliphatic carboxylic acids is 1. The molecule has 1 aromatic carbocycles. The van der Waals surface area contributed by atoms with Crippen molar-refractivity contribution in [3.05, 3.63) is 35.4 Å². The number of hydrogen-bond acceptors (Lipinski definition) is 3. The van der Waals surface area contributed by atoms with E-state index >= 15 is 0 Å². The number of carbonyl (C=O) groups excluding carboxylic acids is 1. The molecule has 0 bridgehead atoms. The summed E-state index contributed by atoms with van der Waals surface area (Å²) in [5.41, 5.74) is 1.87. The van der Waals surface area contributed by atoms with Crippen molar-refractivity contribution in [3.63, 3.8) is 0 Å². The summed E-state index contributed by atoms with van der Waals surface area (Å²) in [6.45, 7) is 6.13. The number of carbonyl (C=O) groups is 2. The highest BCUT2D eigenvalue weighted by atomic mass is 16.4.